The molecule has 0 aliphatic heterocycles. The molecule has 1 N–H and O–H groups in total. The van der Waals surface area contributed by atoms with Gasteiger partial charge in [-0.3, -0.25) is 14.9 Å². The topological polar surface area (TPSA) is 93.8 Å². The third-order valence-corrected chi connectivity index (χ3v) is 3.71. The van der Waals surface area contributed by atoms with Crippen LogP contribution in [0.1, 0.15) is 16.0 Å². The molecule has 0 aliphatic rings. The van der Waals surface area contributed by atoms with Crippen molar-refractivity contribution in [3.05, 3.63) is 56.5 Å². The van der Waals surface area contributed by atoms with Crippen LogP contribution in [0.3, 0.4) is 0 Å². The molecule has 0 radical (unpaired) electrons. The number of hydrogen-bond donors (Lipinski definition) is 1. The number of nitrogens with one attached hydrogen (secondary N) is 1. The van der Waals surface area contributed by atoms with E-state index >= 15 is 0 Å². The fourth-order valence-corrected chi connectivity index (χ4v) is 2.57. The van der Waals surface area contributed by atoms with E-state index in [2.05, 4.69) is 10.5 Å². The van der Waals surface area contributed by atoms with E-state index in [-0.39, 0.29) is 11.6 Å². The van der Waals surface area contributed by atoms with E-state index in [1.165, 1.54) is 12.3 Å². The van der Waals surface area contributed by atoms with E-state index in [0.29, 0.717) is 10.6 Å². The van der Waals surface area contributed by atoms with Crippen molar-refractivity contribution in [2.24, 2.45) is 5.10 Å². The molecule has 8 heteroatoms. The summed E-state index contributed by atoms with van der Waals surface area (Å²) in [6.07, 6.45) is 1.35. The zero-order chi connectivity index (χ0) is 16.8. The summed E-state index contributed by atoms with van der Waals surface area (Å²) in [6, 6.07) is 8.64. The van der Waals surface area contributed by atoms with Crippen LogP contribution in [0.5, 0.6) is 5.75 Å². The van der Waals surface area contributed by atoms with Gasteiger partial charge in [0.25, 0.3) is 5.91 Å². The molecule has 2 aromatic rings. The zero-order valence-electron chi connectivity index (χ0n) is 12.6. The van der Waals surface area contributed by atoms with Gasteiger partial charge in [0.2, 0.25) is 0 Å². The Bertz CT molecular complexity index is 735. The third kappa shape index (κ3) is 5.19. The Labute approximate surface area is 136 Å². The molecule has 7 nitrogen and oxygen atoms in total. The maximum absolute atomic E-state index is 11.6. The van der Waals surface area contributed by atoms with Gasteiger partial charge in [-0.25, -0.2) is 5.43 Å². The number of thiophene rings is 1. The molecule has 0 fully saturated rings. The third-order valence-electron chi connectivity index (χ3n) is 2.74. The highest BCUT2D eigenvalue weighted by molar-refractivity contribution is 7.16. The maximum atomic E-state index is 11.6. The van der Waals surface area contributed by atoms with Gasteiger partial charge in [0.15, 0.2) is 6.61 Å². The highest BCUT2D eigenvalue weighted by Crippen LogP contribution is 2.22. The number of hydrogen-bond acceptors (Lipinski definition) is 6. The van der Waals surface area contributed by atoms with Crippen molar-refractivity contribution in [3.8, 4) is 5.75 Å². The van der Waals surface area contributed by atoms with E-state index < -0.39 is 10.8 Å². The number of carbonyl (C=O) groups is 1. The lowest BCUT2D eigenvalue weighted by Crippen LogP contribution is -2.24. The zero-order valence-corrected chi connectivity index (χ0v) is 13.4. The van der Waals surface area contributed by atoms with E-state index in [1.54, 1.807) is 6.07 Å². The fraction of sp³-hybridized carbons (Fsp3) is 0.200. The molecule has 0 spiro atoms. The number of nitro groups is 1. The van der Waals surface area contributed by atoms with Crippen LogP contribution in [-0.2, 0) is 4.79 Å². The number of amides is 1. The molecule has 1 amide bonds. The Morgan fingerprint density at radius 1 is 1.35 bits per heavy atom. The van der Waals surface area contributed by atoms with Crippen LogP contribution < -0.4 is 10.2 Å². The molecule has 0 bridgehead atoms. The summed E-state index contributed by atoms with van der Waals surface area (Å²) in [5.41, 5.74) is 4.42. The predicted molar refractivity (Wildman–Crippen MR) is 88.1 cm³/mol. The number of rotatable bonds is 6. The van der Waals surface area contributed by atoms with E-state index in [1.807, 2.05) is 32.0 Å². The van der Waals surface area contributed by atoms with Crippen molar-refractivity contribution in [1.82, 2.24) is 5.43 Å². The second-order valence-corrected chi connectivity index (χ2v) is 5.93. The van der Waals surface area contributed by atoms with E-state index in [4.69, 9.17) is 4.74 Å². The van der Waals surface area contributed by atoms with Gasteiger partial charge in [0.05, 0.1) is 16.0 Å². The Morgan fingerprint density at radius 2 is 2.04 bits per heavy atom. The minimum Gasteiger partial charge on any atom is -0.484 e. The minimum absolute atomic E-state index is 0.0240. The lowest BCUT2D eigenvalue weighted by molar-refractivity contribution is -0.380. The maximum Gasteiger partial charge on any atom is 0.324 e. The molecule has 1 heterocycles. The second-order valence-electron chi connectivity index (χ2n) is 4.84. The molecule has 1 aromatic heterocycles. The van der Waals surface area contributed by atoms with Gasteiger partial charge in [-0.1, -0.05) is 17.4 Å². The SMILES string of the molecule is Cc1cc(C)cc(OCC(=O)NN=Cc2ccc([N+](=O)[O-])s2)c1. The molecule has 0 saturated carbocycles. The van der Waals surface area contributed by atoms with Crippen LogP contribution in [0.15, 0.2) is 35.4 Å². The number of ether oxygens (including phenoxy) is 1. The van der Waals surface area contributed by atoms with Gasteiger partial charge in [0, 0.05) is 6.07 Å². The monoisotopic (exact) mass is 333 g/mol. The van der Waals surface area contributed by atoms with Crippen LogP contribution in [-0.4, -0.2) is 23.7 Å². The van der Waals surface area contributed by atoms with Crippen LogP contribution in [0.25, 0.3) is 0 Å². The average Bonchev–Trinajstić information content (AvgIpc) is 2.93. The minimum atomic E-state index is -0.474. The molecule has 120 valence electrons. The van der Waals surface area contributed by atoms with Crippen LogP contribution >= 0.6 is 11.3 Å². The van der Waals surface area contributed by atoms with Gasteiger partial charge in [-0.05, 0) is 43.2 Å². The van der Waals surface area contributed by atoms with Crippen molar-refractivity contribution in [3.63, 3.8) is 0 Å². The summed E-state index contributed by atoms with van der Waals surface area (Å²) in [5, 5.41) is 14.3. The average molecular weight is 333 g/mol. The Hall–Kier alpha value is -2.74. The van der Waals surface area contributed by atoms with E-state index in [0.717, 1.165) is 22.5 Å². The highest BCUT2D eigenvalue weighted by Gasteiger charge is 2.08. The summed E-state index contributed by atoms with van der Waals surface area (Å²) in [5.74, 6) is 0.210. The number of aryl methyl sites for hydroxylation is 2. The molecular weight excluding hydrogens is 318 g/mol. The molecule has 0 atom stereocenters. The van der Waals surface area contributed by atoms with Crippen molar-refractivity contribution in [1.29, 1.82) is 0 Å². The van der Waals surface area contributed by atoms with Crippen molar-refractivity contribution >= 4 is 28.5 Å². The molecular formula is C15H15N3O4S. The fourth-order valence-electron chi connectivity index (χ4n) is 1.88. The first-order valence-corrected chi connectivity index (χ1v) is 7.53. The number of hydrazone groups is 1. The van der Waals surface area contributed by atoms with Gasteiger partial charge in [-0.2, -0.15) is 5.10 Å². The molecule has 0 unspecified atom stereocenters. The summed E-state index contributed by atoms with van der Waals surface area (Å²) >= 11 is 0.975. The Balaban J connectivity index is 1.82. The molecule has 2 rings (SSSR count). The standard InChI is InChI=1S/C15H15N3O4S/c1-10-5-11(2)7-12(6-10)22-9-14(19)17-16-8-13-3-4-15(23-13)18(20)21/h3-8H,9H2,1-2H3,(H,17,19). The Kier molecular flexibility index (Phi) is 5.42. The van der Waals surface area contributed by atoms with Gasteiger partial charge in [0.1, 0.15) is 5.75 Å². The van der Waals surface area contributed by atoms with E-state index in [9.17, 15) is 14.9 Å². The lowest BCUT2D eigenvalue weighted by atomic mass is 10.1. The largest absolute Gasteiger partial charge is 0.484 e. The molecule has 0 aliphatic carbocycles. The summed E-state index contributed by atoms with van der Waals surface area (Å²) in [4.78, 5) is 22.3. The van der Waals surface area contributed by atoms with Gasteiger partial charge >= 0.3 is 5.00 Å². The highest BCUT2D eigenvalue weighted by atomic mass is 32.1. The first-order valence-electron chi connectivity index (χ1n) is 6.71. The van der Waals surface area contributed by atoms with Gasteiger partial charge in [-0.15, -0.1) is 0 Å². The number of carbonyl (C=O) groups excluding carboxylic acids is 1. The molecule has 23 heavy (non-hydrogen) atoms. The van der Waals surface area contributed by atoms with Crippen LogP contribution in [0.2, 0.25) is 0 Å². The second kappa shape index (κ2) is 7.50. The predicted octanol–water partition coefficient (Wildman–Crippen LogP) is 2.80. The smallest absolute Gasteiger partial charge is 0.324 e. The summed E-state index contributed by atoms with van der Waals surface area (Å²) in [7, 11) is 0. The quantitative estimate of drug-likeness (QED) is 0.499. The normalized spacial score (nSPS) is 10.7. The molecule has 0 saturated heterocycles. The molecule has 1 aromatic carbocycles. The van der Waals surface area contributed by atoms with Gasteiger partial charge < -0.3 is 4.74 Å². The number of benzene rings is 1. The van der Waals surface area contributed by atoms with Crippen molar-refractivity contribution in [2.75, 3.05) is 6.61 Å². The van der Waals surface area contributed by atoms with Crippen LogP contribution in [0.4, 0.5) is 5.00 Å². The first kappa shape index (κ1) is 16.6. The van der Waals surface area contributed by atoms with Crippen molar-refractivity contribution < 1.29 is 14.5 Å². The number of nitrogens with zero attached hydrogens (tertiary/aromatic N) is 2. The Morgan fingerprint density at radius 3 is 2.65 bits per heavy atom. The lowest BCUT2D eigenvalue weighted by Gasteiger charge is -2.07. The summed E-state index contributed by atoms with van der Waals surface area (Å²) in [6.45, 7) is 3.74. The van der Waals surface area contributed by atoms with Crippen molar-refractivity contribution in [2.45, 2.75) is 13.8 Å². The summed E-state index contributed by atoms with van der Waals surface area (Å²) < 4.78 is 5.40. The first-order chi connectivity index (χ1) is 10.9. The van der Waals surface area contributed by atoms with Crippen LogP contribution in [0, 0.1) is 24.0 Å².